The van der Waals surface area contributed by atoms with E-state index in [9.17, 15) is 29.1 Å². The van der Waals surface area contributed by atoms with E-state index >= 15 is 0 Å². The number of nitrogens with two attached hydrogens (primary N) is 2. The number of amides is 4. The predicted octanol–water partition coefficient (Wildman–Crippen LogP) is -0.182. The van der Waals surface area contributed by atoms with E-state index in [1.165, 1.54) is 0 Å². The van der Waals surface area contributed by atoms with E-state index < -0.39 is 53.8 Å². The molecule has 12 nitrogen and oxygen atoms in total. The van der Waals surface area contributed by atoms with E-state index in [-0.39, 0.29) is 30.9 Å². The minimum absolute atomic E-state index is 0.138. The third-order valence-electron chi connectivity index (χ3n) is 6.35. The Hall–Kier alpha value is -3.58. The van der Waals surface area contributed by atoms with E-state index in [1.807, 2.05) is 31.2 Å². The van der Waals surface area contributed by atoms with Crippen LogP contribution in [0.5, 0.6) is 0 Å². The van der Waals surface area contributed by atoms with Gasteiger partial charge in [0.05, 0.1) is 6.04 Å². The molecular formula is C25H36N6O6S. The number of carbonyl (C=O) groups excluding carboxylic acids is 4. The van der Waals surface area contributed by atoms with E-state index in [2.05, 4.69) is 33.6 Å². The highest BCUT2D eigenvalue weighted by molar-refractivity contribution is 7.80. The van der Waals surface area contributed by atoms with Crippen molar-refractivity contribution in [1.82, 2.24) is 20.9 Å². The van der Waals surface area contributed by atoms with Crippen molar-refractivity contribution < 1.29 is 29.1 Å². The summed E-state index contributed by atoms with van der Waals surface area (Å²) in [6.07, 6.45) is 2.14. The molecule has 4 amide bonds. The van der Waals surface area contributed by atoms with E-state index in [1.54, 1.807) is 13.1 Å². The van der Waals surface area contributed by atoms with Gasteiger partial charge in [0.25, 0.3) is 0 Å². The first-order valence-electron chi connectivity index (χ1n) is 12.3. The van der Waals surface area contributed by atoms with Gasteiger partial charge in [0.2, 0.25) is 23.6 Å². The van der Waals surface area contributed by atoms with Crippen LogP contribution >= 0.6 is 12.6 Å². The number of hydrogen-bond donors (Lipinski definition) is 8. The maximum absolute atomic E-state index is 13.1. The standard InChI is InChI=1S/C25H36N6O6S/c1-3-13(2)21(31-22(33)16(26)10-14-11-28-17-7-5-4-6-15(14)17)24(35)30-19(12-38)23(34)29-18(25(36)37)8-9-20(27)32/h4-7,11,13,16,18-19,21,28,38H,3,8-10,12,26H2,1-2H3,(H2,27,32)(H,29,34)(H,30,35)(H,31,33)(H,36,37). The summed E-state index contributed by atoms with van der Waals surface area (Å²) in [6, 6.07) is 3.13. The van der Waals surface area contributed by atoms with Gasteiger partial charge < -0.3 is 37.5 Å². The van der Waals surface area contributed by atoms with Crippen LogP contribution in [0.25, 0.3) is 10.9 Å². The Balaban J connectivity index is 2.07. The fraction of sp³-hybridized carbons (Fsp3) is 0.480. The number of aromatic nitrogens is 1. The molecule has 1 heterocycles. The molecule has 1 aromatic heterocycles. The number of para-hydroxylation sites is 1. The number of carbonyl (C=O) groups is 5. The molecule has 0 aliphatic heterocycles. The highest BCUT2D eigenvalue weighted by Gasteiger charge is 2.32. The average Bonchev–Trinajstić information content (AvgIpc) is 3.29. The average molecular weight is 549 g/mol. The fourth-order valence-electron chi connectivity index (χ4n) is 3.86. The second-order valence-corrected chi connectivity index (χ2v) is 9.56. The SMILES string of the molecule is CCC(C)C(NC(=O)C(N)Cc1c[nH]c2ccccc12)C(=O)NC(CS)C(=O)NC(CCC(N)=O)C(=O)O. The number of fused-ring (bicyclic) bond motifs is 1. The third kappa shape index (κ3) is 8.48. The van der Waals surface area contributed by atoms with Crippen molar-refractivity contribution in [3.05, 3.63) is 36.0 Å². The quantitative estimate of drug-likeness (QED) is 0.141. The highest BCUT2D eigenvalue weighted by atomic mass is 32.1. The zero-order chi connectivity index (χ0) is 28.4. The first-order valence-corrected chi connectivity index (χ1v) is 12.9. The maximum atomic E-state index is 13.1. The van der Waals surface area contributed by atoms with E-state index in [0.29, 0.717) is 6.42 Å². The van der Waals surface area contributed by atoms with Crippen molar-refractivity contribution in [2.75, 3.05) is 5.75 Å². The zero-order valence-corrected chi connectivity index (χ0v) is 22.3. The number of primary amides is 1. The molecule has 1 aromatic carbocycles. The molecule has 0 bridgehead atoms. The van der Waals surface area contributed by atoms with Crippen LogP contribution in [0.15, 0.2) is 30.5 Å². The van der Waals surface area contributed by atoms with Crippen LogP contribution in [0.2, 0.25) is 0 Å². The lowest BCUT2D eigenvalue weighted by Crippen LogP contribution is -2.59. The molecule has 13 heteroatoms. The number of carboxylic acids is 1. The van der Waals surface area contributed by atoms with Gasteiger partial charge >= 0.3 is 5.97 Å². The molecule has 0 saturated carbocycles. The van der Waals surface area contributed by atoms with Crippen molar-refractivity contribution in [3.8, 4) is 0 Å². The monoisotopic (exact) mass is 548 g/mol. The Morgan fingerprint density at radius 1 is 1.03 bits per heavy atom. The number of aliphatic carboxylic acids is 1. The minimum atomic E-state index is -1.37. The highest BCUT2D eigenvalue weighted by Crippen LogP contribution is 2.19. The summed E-state index contributed by atoms with van der Waals surface area (Å²) >= 11 is 4.11. The lowest BCUT2D eigenvalue weighted by molar-refractivity contribution is -0.142. The van der Waals surface area contributed by atoms with Gasteiger partial charge in [-0.05, 0) is 30.4 Å². The molecule has 5 atom stereocenters. The van der Waals surface area contributed by atoms with Crippen molar-refractivity contribution in [3.63, 3.8) is 0 Å². The van der Waals surface area contributed by atoms with E-state index in [0.717, 1.165) is 16.5 Å². The Kier molecular flexibility index (Phi) is 11.6. The van der Waals surface area contributed by atoms with Crippen molar-refractivity contribution >= 4 is 53.1 Å². The number of aromatic amines is 1. The largest absolute Gasteiger partial charge is 0.480 e. The van der Waals surface area contributed by atoms with Gasteiger partial charge in [-0.15, -0.1) is 0 Å². The molecular weight excluding hydrogens is 512 g/mol. The second kappa shape index (κ2) is 14.4. The van der Waals surface area contributed by atoms with Gasteiger partial charge in [-0.2, -0.15) is 12.6 Å². The summed E-state index contributed by atoms with van der Waals surface area (Å²) in [5, 5.41) is 17.8. The second-order valence-electron chi connectivity index (χ2n) is 9.19. The topological polar surface area (TPSA) is 209 Å². The zero-order valence-electron chi connectivity index (χ0n) is 21.4. The van der Waals surface area contributed by atoms with Crippen LogP contribution < -0.4 is 27.4 Å². The van der Waals surface area contributed by atoms with Crippen LogP contribution in [0.1, 0.15) is 38.7 Å². The van der Waals surface area contributed by atoms with Gasteiger partial charge in [-0.3, -0.25) is 19.2 Å². The molecule has 9 N–H and O–H groups in total. The molecule has 0 spiro atoms. The number of nitrogens with one attached hydrogen (secondary N) is 4. The number of benzene rings is 1. The lowest BCUT2D eigenvalue weighted by Gasteiger charge is -2.27. The summed E-state index contributed by atoms with van der Waals surface area (Å²) in [6.45, 7) is 3.62. The molecule has 0 aliphatic carbocycles. The summed E-state index contributed by atoms with van der Waals surface area (Å²) in [5.41, 5.74) is 13.0. The molecule has 0 saturated heterocycles. The van der Waals surface area contributed by atoms with E-state index in [4.69, 9.17) is 11.5 Å². The molecule has 38 heavy (non-hydrogen) atoms. The summed E-state index contributed by atoms with van der Waals surface area (Å²) in [5.74, 6) is -4.45. The molecule has 5 unspecified atom stereocenters. The summed E-state index contributed by atoms with van der Waals surface area (Å²) < 4.78 is 0. The van der Waals surface area contributed by atoms with Crippen LogP contribution in [-0.4, -0.2) is 69.6 Å². The molecule has 2 rings (SSSR count). The number of rotatable bonds is 15. The molecule has 2 aromatic rings. The van der Waals surface area contributed by atoms with Gasteiger partial charge in [0.15, 0.2) is 0 Å². The fourth-order valence-corrected chi connectivity index (χ4v) is 4.12. The lowest BCUT2D eigenvalue weighted by atomic mass is 9.97. The van der Waals surface area contributed by atoms with Gasteiger partial charge in [-0.1, -0.05) is 38.5 Å². The number of carboxylic acid groups (broad SMARTS) is 1. The van der Waals surface area contributed by atoms with Crippen LogP contribution in [-0.2, 0) is 30.4 Å². The number of thiol groups is 1. The third-order valence-corrected chi connectivity index (χ3v) is 6.72. The van der Waals surface area contributed by atoms with Crippen molar-refractivity contribution in [1.29, 1.82) is 0 Å². The summed E-state index contributed by atoms with van der Waals surface area (Å²) in [7, 11) is 0. The predicted molar refractivity (Wildman–Crippen MR) is 145 cm³/mol. The Morgan fingerprint density at radius 2 is 1.68 bits per heavy atom. The Morgan fingerprint density at radius 3 is 2.29 bits per heavy atom. The molecule has 0 aliphatic rings. The molecule has 0 fully saturated rings. The van der Waals surface area contributed by atoms with Crippen LogP contribution in [0, 0.1) is 5.92 Å². The normalized spacial score (nSPS) is 15.1. The van der Waals surface area contributed by atoms with Gasteiger partial charge in [0, 0.05) is 29.3 Å². The molecule has 208 valence electrons. The smallest absolute Gasteiger partial charge is 0.326 e. The Bertz CT molecular complexity index is 1150. The first-order chi connectivity index (χ1) is 18.0. The number of hydrogen-bond acceptors (Lipinski definition) is 7. The minimum Gasteiger partial charge on any atom is -0.480 e. The Labute approximate surface area is 226 Å². The van der Waals surface area contributed by atoms with Gasteiger partial charge in [0.1, 0.15) is 18.1 Å². The van der Waals surface area contributed by atoms with Crippen LogP contribution in [0.4, 0.5) is 0 Å². The van der Waals surface area contributed by atoms with Crippen molar-refractivity contribution in [2.45, 2.75) is 63.7 Å². The summed E-state index contributed by atoms with van der Waals surface area (Å²) in [4.78, 5) is 64.4. The van der Waals surface area contributed by atoms with Crippen LogP contribution in [0.3, 0.4) is 0 Å². The molecule has 0 radical (unpaired) electrons. The number of H-pyrrole nitrogens is 1. The van der Waals surface area contributed by atoms with Crippen molar-refractivity contribution in [2.24, 2.45) is 17.4 Å². The maximum Gasteiger partial charge on any atom is 0.326 e. The first kappa shape index (κ1) is 30.6. The van der Waals surface area contributed by atoms with Gasteiger partial charge in [-0.25, -0.2) is 4.79 Å².